The number of fused-ring (bicyclic) bond motifs is 1. The zero-order valence-corrected chi connectivity index (χ0v) is 8.16. The number of hydrogen-bond donors (Lipinski definition) is 1. The van der Waals surface area contributed by atoms with E-state index in [0.717, 1.165) is 24.2 Å². The minimum Gasteiger partial charge on any atom is -0.393 e. The molecule has 2 aliphatic carbocycles. The van der Waals surface area contributed by atoms with E-state index in [1.165, 1.54) is 19.3 Å². The molecular weight excluding hydrogens is 148 g/mol. The van der Waals surface area contributed by atoms with E-state index < -0.39 is 0 Å². The highest BCUT2D eigenvalue weighted by molar-refractivity contribution is 5.05. The number of aliphatic hydroxyl groups excluding tert-OH is 1. The van der Waals surface area contributed by atoms with Crippen LogP contribution < -0.4 is 0 Å². The third kappa shape index (κ3) is 1.39. The summed E-state index contributed by atoms with van der Waals surface area (Å²) in [7, 11) is 0. The molecule has 0 aromatic rings. The Labute approximate surface area is 75.2 Å². The van der Waals surface area contributed by atoms with E-state index in [4.69, 9.17) is 0 Å². The van der Waals surface area contributed by atoms with Gasteiger partial charge < -0.3 is 5.11 Å². The summed E-state index contributed by atoms with van der Waals surface area (Å²) >= 11 is 0. The maximum atomic E-state index is 9.58. The predicted molar refractivity (Wildman–Crippen MR) is 49.8 cm³/mol. The maximum absolute atomic E-state index is 9.58. The molecule has 2 aliphatic rings. The van der Waals surface area contributed by atoms with E-state index in [9.17, 15) is 5.11 Å². The first kappa shape index (κ1) is 8.55. The minimum atomic E-state index is 0.0622. The van der Waals surface area contributed by atoms with Gasteiger partial charge in [-0.3, -0.25) is 0 Å². The number of hydrogen-bond acceptors (Lipinski definition) is 1. The van der Waals surface area contributed by atoms with Gasteiger partial charge in [0.2, 0.25) is 0 Å². The Kier molecular flexibility index (Phi) is 2.16. The van der Waals surface area contributed by atoms with E-state index in [1.54, 1.807) is 0 Å². The molecule has 0 aromatic heterocycles. The molecule has 0 saturated heterocycles. The summed E-state index contributed by atoms with van der Waals surface area (Å²) in [5.41, 5.74) is 0. The van der Waals surface area contributed by atoms with Gasteiger partial charge in [-0.1, -0.05) is 20.3 Å². The second-order valence-corrected chi connectivity index (χ2v) is 5.02. The van der Waals surface area contributed by atoms with Crippen LogP contribution in [-0.4, -0.2) is 11.2 Å². The van der Waals surface area contributed by atoms with Crippen LogP contribution in [0, 0.1) is 23.7 Å². The lowest BCUT2D eigenvalue weighted by Gasteiger charge is -2.08. The first-order valence-corrected chi connectivity index (χ1v) is 5.38. The summed E-state index contributed by atoms with van der Waals surface area (Å²) in [5.74, 6) is 3.36. The summed E-state index contributed by atoms with van der Waals surface area (Å²) < 4.78 is 0. The lowest BCUT2D eigenvalue weighted by molar-refractivity contribution is 0.148. The first-order valence-electron chi connectivity index (χ1n) is 5.38. The number of rotatable bonds is 3. The quantitative estimate of drug-likeness (QED) is 0.686. The van der Waals surface area contributed by atoms with Crippen LogP contribution >= 0.6 is 0 Å². The molecule has 70 valence electrons. The second-order valence-electron chi connectivity index (χ2n) is 5.02. The van der Waals surface area contributed by atoms with Gasteiger partial charge in [0.15, 0.2) is 0 Å². The van der Waals surface area contributed by atoms with Gasteiger partial charge >= 0.3 is 0 Å². The van der Waals surface area contributed by atoms with Crippen molar-refractivity contribution in [1.82, 2.24) is 0 Å². The highest BCUT2D eigenvalue weighted by Crippen LogP contribution is 2.59. The summed E-state index contributed by atoms with van der Waals surface area (Å²) in [6.07, 6.45) is 5.16. The van der Waals surface area contributed by atoms with Crippen LogP contribution in [0.2, 0.25) is 0 Å². The highest BCUT2D eigenvalue weighted by Gasteiger charge is 2.56. The zero-order chi connectivity index (χ0) is 8.72. The summed E-state index contributed by atoms with van der Waals surface area (Å²) in [5, 5.41) is 9.58. The van der Waals surface area contributed by atoms with Crippen LogP contribution in [0.3, 0.4) is 0 Å². The molecule has 0 heterocycles. The predicted octanol–water partition coefficient (Wildman–Crippen LogP) is 2.44. The molecule has 0 aliphatic heterocycles. The average molecular weight is 168 g/mol. The van der Waals surface area contributed by atoms with Gasteiger partial charge in [-0.2, -0.15) is 0 Å². The zero-order valence-electron chi connectivity index (χ0n) is 8.16. The molecule has 0 spiro atoms. The molecule has 4 atom stereocenters. The van der Waals surface area contributed by atoms with Crippen molar-refractivity contribution < 1.29 is 5.11 Å². The molecule has 0 bridgehead atoms. The molecule has 0 radical (unpaired) electrons. The van der Waals surface area contributed by atoms with Crippen LogP contribution in [0.1, 0.15) is 39.5 Å². The lowest BCUT2D eigenvalue weighted by atomic mass is 10.0. The molecule has 2 rings (SSSR count). The standard InChI is InChI=1S/C11H20O/c1-7(2)3-4-8-9-5-6-10(12)11(8)9/h7-12H,3-6H2,1-2H3/t8?,9-,10?,11+/m0/s1. The smallest absolute Gasteiger partial charge is 0.0574 e. The first-order chi connectivity index (χ1) is 5.70. The van der Waals surface area contributed by atoms with Crippen molar-refractivity contribution in [2.24, 2.45) is 23.7 Å². The Bertz CT molecular complexity index is 164. The Morgan fingerprint density at radius 3 is 2.58 bits per heavy atom. The van der Waals surface area contributed by atoms with E-state index >= 15 is 0 Å². The molecule has 12 heavy (non-hydrogen) atoms. The molecule has 1 N–H and O–H groups in total. The van der Waals surface area contributed by atoms with Crippen molar-refractivity contribution in [3.63, 3.8) is 0 Å². The Morgan fingerprint density at radius 2 is 2.08 bits per heavy atom. The van der Waals surface area contributed by atoms with Gasteiger partial charge in [-0.05, 0) is 42.9 Å². The van der Waals surface area contributed by atoms with Crippen LogP contribution in [0.5, 0.6) is 0 Å². The van der Waals surface area contributed by atoms with Crippen molar-refractivity contribution in [3.8, 4) is 0 Å². The Balaban J connectivity index is 1.73. The SMILES string of the molecule is CC(C)CCC1[C@H]2C(O)CC[C@@H]12. The van der Waals surface area contributed by atoms with Crippen molar-refractivity contribution >= 4 is 0 Å². The minimum absolute atomic E-state index is 0.0622. The van der Waals surface area contributed by atoms with Crippen LogP contribution in [-0.2, 0) is 0 Å². The summed E-state index contributed by atoms with van der Waals surface area (Å²) in [6, 6.07) is 0. The lowest BCUT2D eigenvalue weighted by Crippen LogP contribution is -2.07. The topological polar surface area (TPSA) is 20.2 Å². The summed E-state index contributed by atoms with van der Waals surface area (Å²) in [4.78, 5) is 0. The normalized spacial score (nSPS) is 45.0. The molecule has 2 unspecified atom stereocenters. The fraction of sp³-hybridized carbons (Fsp3) is 1.00. The van der Waals surface area contributed by atoms with Crippen LogP contribution in [0.25, 0.3) is 0 Å². The largest absolute Gasteiger partial charge is 0.393 e. The molecular formula is C11H20O. The molecule has 1 nitrogen and oxygen atoms in total. The average Bonchev–Trinajstić information content (AvgIpc) is 2.58. The molecule has 2 fully saturated rings. The van der Waals surface area contributed by atoms with Gasteiger partial charge in [0.05, 0.1) is 6.10 Å². The van der Waals surface area contributed by atoms with Crippen molar-refractivity contribution in [2.75, 3.05) is 0 Å². The van der Waals surface area contributed by atoms with Crippen molar-refractivity contribution in [3.05, 3.63) is 0 Å². The Morgan fingerprint density at radius 1 is 1.33 bits per heavy atom. The van der Waals surface area contributed by atoms with Gasteiger partial charge in [0.25, 0.3) is 0 Å². The van der Waals surface area contributed by atoms with Gasteiger partial charge in [0.1, 0.15) is 0 Å². The molecule has 1 heteroatoms. The number of aliphatic hydroxyl groups is 1. The van der Waals surface area contributed by atoms with E-state index in [2.05, 4.69) is 13.8 Å². The van der Waals surface area contributed by atoms with Gasteiger partial charge in [-0.15, -0.1) is 0 Å². The van der Waals surface area contributed by atoms with Crippen molar-refractivity contribution in [1.29, 1.82) is 0 Å². The highest BCUT2D eigenvalue weighted by atomic mass is 16.3. The Hall–Kier alpha value is -0.0400. The van der Waals surface area contributed by atoms with Crippen LogP contribution in [0.15, 0.2) is 0 Å². The van der Waals surface area contributed by atoms with E-state index in [0.29, 0.717) is 5.92 Å². The molecule has 0 amide bonds. The fourth-order valence-corrected chi connectivity index (χ4v) is 2.94. The maximum Gasteiger partial charge on any atom is 0.0574 e. The fourth-order valence-electron chi connectivity index (χ4n) is 2.94. The van der Waals surface area contributed by atoms with Crippen molar-refractivity contribution in [2.45, 2.75) is 45.6 Å². The molecule has 0 aromatic carbocycles. The third-order valence-electron chi connectivity index (χ3n) is 3.72. The van der Waals surface area contributed by atoms with Crippen LogP contribution in [0.4, 0.5) is 0 Å². The molecule has 2 saturated carbocycles. The monoisotopic (exact) mass is 168 g/mol. The second kappa shape index (κ2) is 3.02. The third-order valence-corrected chi connectivity index (χ3v) is 3.72. The van der Waals surface area contributed by atoms with Gasteiger partial charge in [-0.25, -0.2) is 0 Å². The summed E-state index contributed by atoms with van der Waals surface area (Å²) in [6.45, 7) is 4.57. The van der Waals surface area contributed by atoms with E-state index in [-0.39, 0.29) is 6.10 Å². The van der Waals surface area contributed by atoms with Gasteiger partial charge in [0, 0.05) is 0 Å². The van der Waals surface area contributed by atoms with E-state index in [1.807, 2.05) is 0 Å².